The summed E-state index contributed by atoms with van der Waals surface area (Å²) < 4.78 is 0. The molecule has 5 heteroatoms. The van der Waals surface area contributed by atoms with Gasteiger partial charge in [-0.15, -0.1) is 0 Å². The second kappa shape index (κ2) is 8.48. The van der Waals surface area contributed by atoms with E-state index in [0.29, 0.717) is 12.2 Å². The molecule has 0 atom stereocenters. The Kier molecular flexibility index (Phi) is 5.84. The van der Waals surface area contributed by atoms with E-state index in [9.17, 15) is 9.59 Å². The molecule has 0 saturated heterocycles. The molecular formula is C23H23N3O2. The predicted molar refractivity (Wildman–Crippen MR) is 110 cm³/mol. The Morgan fingerprint density at radius 1 is 0.821 bits per heavy atom. The van der Waals surface area contributed by atoms with E-state index in [1.165, 1.54) is 0 Å². The van der Waals surface area contributed by atoms with Gasteiger partial charge in [-0.3, -0.25) is 9.59 Å². The Morgan fingerprint density at radius 2 is 1.46 bits per heavy atom. The van der Waals surface area contributed by atoms with Gasteiger partial charge in [-0.25, -0.2) is 4.98 Å². The molecule has 5 nitrogen and oxygen atoms in total. The van der Waals surface area contributed by atoms with Gasteiger partial charge in [0.2, 0.25) is 0 Å². The fourth-order valence-corrected chi connectivity index (χ4v) is 3.00. The van der Waals surface area contributed by atoms with E-state index in [2.05, 4.69) is 15.6 Å². The van der Waals surface area contributed by atoms with Gasteiger partial charge in [0.05, 0.1) is 0 Å². The second-order valence-corrected chi connectivity index (χ2v) is 6.85. The highest BCUT2D eigenvalue weighted by Crippen LogP contribution is 2.15. The van der Waals surface area contributed by atoms with Gasteiger partial charge in [0, 0.05) is 12.2 Å². The van der Waals surface area contributed by atoms with E-state index in [4.69, 9.17) is 0 Å². The van der Waals surface area contributed by atoms with Crippen LogP contribution in [0.15, 0.2) is 60.7 Å². The van der Waals surface area contributed by atoms with Crippen LogP contribution in [0.3, 0.4) is 0 Å². The number of carbonyl (C=O) groups is 2. The van der Waals surface area contributed by atoms with Crippen molar-refractivity contribution in [1.82, 2.24) is 10.3 Å². The van der Waals surface area contributed by atoms with Gasteiger partial charge in [0.1, 0.15) is 11.4 Å². The van der Waals surface area contributed by atoms with Crippen molar-refractivity contribution in [2.75, 3.05) is 5.32 Å². The van der Waals surface area contributed by atoms with Gasteiger partial charge in [-0.1, -0.05) is 36.4 Å². The number of pyridine rings is 1. The standard InChI is InChI=1S/C23H23N3O2/c1-15-11-16(2)13-19(12-15)25-23(28)21-10-6-9-20(26-21)22(27)24-14-18-8-5-4-7-17(18)3/h4-13H,14H2,1-3H3,(H,24,27)(H,25,28). The van der Waals surface area contributed by atoms with Crippen molar-refractivity contribution in [2.24, 2.45) is 0 Å². The normalized spacial score (nSPS) is 10.4. The summed E-state index contributed by atoms with van der Waals surface area (Å²) in [6.07, 6.45) is 0. The quantitative estimate of drug-likeness (QED) is 0.704. The summed E-state index contributed by atoms with van der Waals surface area (Å²) in [6, 6.07) is 18.5. The molecule has 0 spiro atoms. The zero-order chi connectivity index (χ0) is 20.1. The summed E-state index contributed by atoms with van der Waals surface area (Å²) in [5.74, 6) is -0.664. The number of anilines is 1. The third-order valence-corrected chi connectivity index (χ3v) is 4.39. The molecule has 2 aromatic carbocycles. The molecule has 2 N–H and O–H groups in total. The van der Waals surface area contributed by atoms with Crippen molar-refractivity contribution in [3.8, 4) is 0 Å². The number of hydrogen-bond acceptors (Lipinski definition) is 3. The maximum absolute atomic E-state index is 12.5. The molecule has 3 aromatic rings. The SMILES string of the molecule is Cc1cc(C)cc(NC(=O)c2cccc(C(=O)NCc3ccccc3C)n2)c1. The van der Waals surface area contributed by atoms with Crippen LogP contribution in [0.5, 0.6) is 0 Å². The van der Waals surface area contributed by atoms with Crippen molar-refractivity contribution >= 4 is 17.5 Å². The molecule has 3 rings (SSSR count). The number of nitrogens with one attached hydrogen (secondary N) is 2. The van der Waals surface area contributed by atoms with E-state index >= 15 is 0 Å². The molecule has 0 bridgehead atoms. The van der Waals surface area contributed by atoms with Crippen LogP contribution in [0.4, 0.5) is 5.69 Å². The van der Waals surface area contributed by atoms with Crippen LogP contribution in [0.2, 0.25) is 0 Å². The number of nitrogens with zero attached hydrogens (tertiary/aromatic N) is 1. The molecule has 0 aliphatic carbocycles. The third kappa shape index (κ3) is 4.82. The first kappa shape index (κ1) is 19.3. The molecule has 0 radical (unpaired) electrons. The van der Waals surface area contributed by atoms with Gasteiger partial charge in [-0.05, 0) is 67.3 Å². The van der Waals surface area contributed by atoms with Crippen LogP contribution >= 0.6 is 0 Å². The Balaban J connectivity index is 1.69. The Hall–Kier alpha value is -3.47. The summed E-state index contributed by atoms with van der Waals surface area (Å²) in [7, 11) is 0. The lowest BCUT2D eigenvalue weighted by atomic mass is 10.1. The lowest BCUT2D eigenvalue weighted by Gasteiger charge is -2.09. The van der Waals surface area contributed by atoms with Crippen LogP contribution in [-0.2, 0) is 6.54 Å². The summed E-state index contributed by atoms with van der Waals surface area (Å²) >= 11 is 0. The van der Waals surface area contributed by atoms with Crippen molar-refractivity contribution in [2.45, 2.75) is 27.3 Å². The Morgan fingerprint density at radius 3 is 2.14 bits per heavy atom. The summed E-state index contributed by atoms with van der Waals surface area (Å²) in [4.78, 5) is 29.2. The zero-order valence-corrected chi connectivity index (χ0v) is 16.2. The fraction of sp³-hybridized carbons (Fsp3) is 0.174. The molecule has 0 unspecified atom stereocenters. The maximum Gasteiger partial charge on any atom is 0.274 e. The average molecular weight is 373 g/mol. The van der Waals surface area contributed by atoms with Gasteiger partial charge >= 0.3 is 0 Å². The number of amides is 2. The van der Waals surface area contributed by atoms with Crippen LogP contribution in [0.25, 0.3) is 0 Å². The first-order valence-corrected chi connectivity index (χ1v) is 9.12. The molecular weight excluding hydrogens is 350 g/mol. The van der Waals surface area contributed by atoms with Crippen LogP contribution < -0.4 is 10.6 Å². The minimum atomic E-state index is -0.349. The van der Waals surface area contributed by atoms with Gasteiger partial charge in [0.25, 0.3) is 11.8 Å². The van der Waals surface area contributed by atoms with Crippen LogP contribution in [0, 0.1) is 20.8 Å². The van der Waals surface area contributed by atoms with E-state index in [-0.39, 0.29) is 23.2 Å². The van der Waals surface area contributed by atoms with E-state index < -0.39 is 0 Å². The molecule has 2 amide bonds. The van der Waals surface area contributed by atoms with Crippen molar-refractivity contribution in [1.29, 1.82) is 0 Å². The molecule has 0 saturated carbocycles. The van der Waals surface area contributed by atoms with E-state index in [1.54, 1.807) is 18.2 Å². The Bertz CT molecular complexity index is 1010. The fourth-order valence-electron chi connectivity index (χ4n) is 3.00. The topological polar surface area (TPSA) is 71.1 Å². The minimum Gasteiger partial charge on any atom is -0.347 e. The lowest BCUT2D eigenvalue weighted by molar-refractivity contribution is 0.0945. The lowest BCUT2D eigenvalue weighted by Crippen LogP contribution is -2.25. The molecule has 1 aromatic heterocycles. The zero-order valence-electron chi connectivity index (χ0n) is 16.2. The molecule has 1 heterocycles. The molecule has 0 fully saturated rings. The van der Waals surface area contributed by atoms with E-state index in [0.717, 1.165) is 22.3 Å². The van der Waals surface area contributed by atoms with Crippen molar-refractivity contribution in [3.63, 3.8) is 0 Å². The van der Waals surface area contributed by atoms with Crippen LogP contribution in [-0.4, -0.2) is 16.8 Å². The first-order chi connectivity index (χ1) is 13.4. The van der Waals surface area contributed by atoms with E-state index in [1.807, 2.05) is 63.2 Å². The first-order valence-electron chi connectivity index (χ1n) is 9.12. The summed E-state index contributed by atoms with van der Waals surface area (Å²) in [5, 5.41) is 5.69. The van der Waals surface area contributed by atoms with Crippen molar-refractivity contribution < 1.29 is 9.59 Å². The smallest absolute Gasteiger partial charge is 0.274 e. The molecule has 142 valence electrons. The molecule has 0 aliphatic rings. The number of hydrogen-bond donors (Lipinski definition) is 2. The highest BCUT2D eigenvalue weighted by atomic mass is 16.2. The number of aromatic nitrogens is 1. The molecule has 0 aliphatic heterocycles. The van der Waals surface area contributed by atoms with Gasteiger partial charge < -0.3 is 10.6 Å². The van der Waals surface area contributed by atoms with Crippen LogP contribution in [0.1, 0.15) is 43.2 Å². The number of carbonyl (C=O) groups excluding carboxylic acids is 2. The summed E-state index contributed by atoms with van der Waals surface area (Å²) in [6.45, 7) is 6.35. The third-order valence-electron chi connectivity index (χ3n) is 4.39. The number of rotatable bonds is 5. The number of aryl methyl sites for hydroxylation is 3. The van der Waals surface area contributed by atoms with Crippen molar-refractivity contribution in [3.05, 3.63) is 94.3 Å². The minimum absolute atomic E-state index is 0.197. The highest BCUT2D eigenvalue weighted by molar-refractivity contribution is 6.04. The maximum atomic E-state index is 12.5. The number of benzene rings is 2. The summed E-state index contributed by atoms with van der Waals surface area (Å²) in [5.41, 5.74) is 5.39. The monoisotopic (exact) mass is 373 g/mol. The largest absolute Gasteiger partial charge is 0.347 e. The van der Waals surface area contributed by atoms with Gasteiger partial charge in [0.15, 0.2) is 0 Å². The molecule has 28 heavy (non-hydrogen) atoms. The highest BCUT2D eigenvalue weighted by Gasteiger charge is 2.13. The van der Waals surface area contributed by atoms with Gasteiger partial charge in [-0.2, -0.15) is 0 Å². The average Bonchev–Trinajstić information content (AvgIpc) is 2.66. The Labute approximate surface area is 164 Å². The second-order valence-electron chi connectivity index (χ2n) is 6.85. The predicted octanol–water partition coefficient (Wildman–Crippen LogP) is 4.19.